The molecular weight excluding hydrogens is 486 g/mol. The highest BCUT2D eigenvalue weighted by atomic mass is 32.2. The van der Waals surface area contributed by atoms with Crippen LogP contribution < -0.4 is 11.1 Å². The van der Waals surface area contributed by atoms with Gasteiger partial charge >= 0.3 is 0 Å². The maximum absolute atomic E-state index is 13.1. The Hall–Kier alpha value is -4.01. The van der Waals surface area contributed by atoms with Crippen molar-refractivity contribution in [3.05, 3.63) is 117 Å². The van der Waals surface area contributed by atoms with Gasteiger partial charge in [0.1, 0.15) is 18.0 Å². The van der Waals surface area contributed by atoms with Gasteiger partial charge in [0.15, 0.2) is 0 Å². The number of hydrogen-bond acceptors (Lipinski definition) is 6. The second kappa shape index (κ2) is 8.54. The van der Waals surface area contributed by atoms with Crippen LogP contribution in [0, 0.1) is 13.8 Å². The van der Waals surface area contributed by atoms with Crippen LogP contribution in [0.25, 0.3) is 0 Å². The second-order valence-corrected chi connectivity index (χ2v) is 11.4. The lowest BCUT2D eigenvalue weighted by atomic mass is 9.85. The van der Waals surface area contributed by atoms with Gasteiger partial charge in [0.05, 0.1) is 9.79 Å². The number of carbonyl (C=O) groups is 1. The van der Waals surface area contributed by atoms with Gasteiger partial charge in [-0.25, -0.2) is 13.4 Å². The second-order valence-electron chi connectivity index (χ2n) is 9.46. The molecule has 4 aromatic rings. The van der Waals surface area contributed by atoms with E-state index in [1.165, 1.54) is 0 Å². The van der Waals surface area contributed by atoms with Crippen LogP contribution >= 0.6 is 0 Å². The van der Waals surface area contributed by atoms with Crippen molar-refractivity contribution in [3.8, 4) is 0 Å². The molecule has 0 aliphatic carbocycles. The highest BCUT2D eigenvalue weighted by molar-refractivity contribution is 7.91. The fraction of sp³-hybridized carbons (Fsp3) is 0.172. The van der Waals surface area contributed by atoms with Gasteiger partial charge in [-0.3, -0.25) is 4.79 Å². The predicted octanol–water partition coefficient (Wildman–Crippen LogP) is 4.57. The van der Waals surface area contributed by atoms with Gasteiger partial charge < -0.3 is 15.8 Å². The van der Waals surface area contributed by atoms with E-state index in [0.29, 0.717) is 17.9 Å². The third kappa shape index (κ3) is 3.80. The Kier molecular flexibility index (Phi) is 5.40. The molecule has 0 fully saturated rings. The summed E-state index contributed by atoms with van der Waals surface area (Å²) >= 11 is 0. The van der Waals surface area contributed by atoms with Gasteiger partial charge in [0.25, 0.3) is 5.91 Å². The molecular formula is C29H25N3O4S. The molecule has 7 nitrogen and oxygen atoms in total. The van der Waals surface area contributed by atoms with Gasteiger partial charge in [0, 0.05) is 17.8 Å². The molecule has 3 heterocycles. The van der Waals surface area contributed by atoms with E-state index in [1.807, 2.05) is 32.0 Å². The minimum Gasteiger partial charge on any atom is -0.384 e. The number of nitrogens with zero attached hydrogens (tertiary/aromatic N) is 1. The topological polar surface area (TPSA) is 111 Å². The van der Waals surface area contributed by atoms with Crippen LogP contribution in [0.1, 0.15) is 61.6 Å². The van der Waals surface area contributed by atoms with E-state index < -0.39 is 9.84 Å². The molecule has 0 saturated carbocycles. The van der Waals surface area contributed by atoms with Crippen molar-refractivity contribution in [3.63, 3.8) is 0 Å². The molecule has 3 aromatic carbocycles. The molecule has 0 saturated heterocycles. The van der Waals surface area contributed by atoms with E-state index in [9.17, 15) is 13.2 Å². The number of nitrogens with one attached hydrogen (secondary N) is 1. The first kappa shape index (κ1) is 23.4. The zero-order chi connectivity index (χ0) is 25.9. The number of nitrogens with two attached hydrogens (primary N) is 1. The third-order valence-corrected chi connectivity index (χ3v) is 8.94. The summed E-state index contributed by atoms with van der Waals surface area (Å²) in [6, 6.07) is 20.9. The van der Waals surface area contributed by atoms with Gasteiger partial charge in [-0.1, -0.05) is 30.3 Å². The summed E-state index contributed by atoms with van der Waals surface area (Å²) in [5, 5.41) is 2.98. The molecule has 1 aromatic heterocycles. The summed E-state index contributed by atoms with van der Waals surface area (Å²) < 4.78 is 32.5. The van der Waals surface area contributed by atoms with Crippen LogP contribution in [0.15, 0.2) is 82.6 Å². The minimum absolute atomic E-state index is 0.189. The maximum Gasteiger partial charge on any atom is 0.251 e. The molecule has 2 aliphatic rings. The number of pyridine rings is 1. The first-order valence-electron chi connectivity index (χ1n) is 12.0. The lowest BCUT2D eigenvalue weighted by Crippen LogP contribution is -2.24. The number of carbonyl (C=O) groups excluding carboxylic acids is 1. The van der Waals surface area contributed by atoms with E-state index in [-0.39, 0.29) is 27.9 Å². The van der Waals surface area contributed by atoms with Gasteiger partial charge in [0.2, 0.25) is 9.84 Å². The predicted molar refractivity (Wildman–Crippen MR) is 139 cm³/mol. The Morgan fingerprint density at radius 3 is 2.27 bits per heavy atom. The SMILES string of the molecule is Cc1cc(N)nc(C)c1CNC(=O)c1ccc2c(c1)C1OC2c2cc(S(=O)(=O)c3ccccc3)ccc21. The Morgan fingerprint density at radius 1 is 0.892 bits per heavy atom. The summed E-state index contributed by atoms with van der Waals surface area (Å²) in [6.07, 6.45) is -0.689. The molecule has 186 valence electrons. The van der Waals surface area contributed by atoms with Crippen molar-refractivity contribution < 1.29 is 17.9 Å². The van der Waals surface area contributed by atoms with Crippen molar-refractivity contribution >= 4 is 21.6 Å². The lowest BCUT2D eigenvalue weighted by molar-refractivity contribution is 0.0857. The van der Waals surface area contributed by atoms with Crippen molar-refractivity contribution in [1.82, 2.24) is 10.3 Å². The van der Waals surface area contributed by atoms with Crippen LogP contribution in [-0.4, -0.2) is 19.3 Å². The Balaban J connectivity index is 1.25. The van der Waals surface area contributed by atoms with E-state index in [1.54, 1.807) is 54.6 Å². The summed E-state index contributed by atoms with van der Waals surface area (Å²) in [6.45, 7) is 4.18. The highest BCUT2D eigenvalue weighted by Gasteiger charge is 2.43. The number of rotatable bonds is 5. The van der Waals surface area contributed by atoms with Crippen molar-refractivity contribution in [1.29, 1.82) is 0 Å². The van der Waals surface area contributed by atoms with E-state index in [0.717, 1.165) is 39.1 Å². The van der Waals surface area contributed by atoms with Gasteiger partial charge in [-0.15, -0.1) is 0 Å². The minimum atomic E-state index is -3.63. The fourth-order valence-electron chi connectivity index (χ4n) is 5.29. The number of fused-ring (bicyclic) bond motifs is 8. The summed E-state index contributed by atoms with van der Waals surface area (Å²) in [5.41, 5.74) is 12.7. The Bertz CT molecular complexity index is 1660. The number of aryl methyl sites for hydroxylation is 2. The van der Waals surface area contributed by atoms with E-state index in [2.05, 4.69) is 10.3 Å². The average molecular weight is 512 g/mol. The zero-order valence-corrected chi connectivity index (χ0v) is 21.2. The Morgan fingerprint density at radius 2 is 1.57 bits per heavy atom. The number of ether oxygens (including phenoxy) is 1. The van der Waals surface area contributed by atoms with Crippen LogP contribution in [0.5, 0.6) is 0 Å². The fourth-order valence-corrected chi connectivity index (χ4v) is 6.61. The first-order valence-corrected chi connectivity index (χ1v) is 13.5. The smallest absolute Gasteiger partial charge is 0.251 e. The van der Waals surface area contributed by atoms with Crippen molar-refractivity contribution in [2.45, 2.75) is 42.4 Å². The van der Waals surface area contributed by atoms with Crippen LogP contribution in [0.2, 0.25) is 0 Å². The average Bonchev–Trinajstić information content (AvgIpc) is 3.45. The lowest BCUT2D eigenvalue weighted by Gasteiger charge is -2.18. The van der Waals surface area contributed by atoms with E-state index >= 15 is 0 Å². The molecule has 0 spiro atoms. The molecule has 2 bridgehead atoms. The van der Waals surface area contributed by atoms with E-state index in [4.69, 9.17) is 10.5 Å². The number of anilines is 1. The summed E-state index contributed by atoms with van der Waals surface area (Å²) in [7, 11) is -3.63. The third-order valence-electron chi connectivity index (χ3n) is 7.17. The van der Waals surface area contributed by atoms with Crippen LogP contribution in [0.4, 0.5) is 5.82 Å². The van der Waals surface area contributed by atoms with Crippen molar-refractivity contribution in [2.75, 3.05) is 5.73 Å². The zero-order valence-electron chi connectivity index (χ0n) is 20.4. The molecule has 2 aliphatic heterocycles. The first-order chi connectivity index (χ1) is 17.7. The number of aromatic nitrogens is 1. The normalized spacial score (nSPS) is 17.4. The molecule has 8 heteroatoms. The molecule has 1 amide bonds. The number of amides is 1. The monoisotopic (exact) mass is 511 g/mol. The molecule has 0 radical (unpaired) electrons. The maximum atomic E-state index is 13.1. The molecule has 2 unspecified atom stereocenters. The number of nitrogen functional groups attached to an aromatic ring is 1. The molecule has 3 N–H and O–H groups in total. The quantitative estimate of drug-likeness (QED) is 0.406. The van der Waals surface area contributed by atoms with Gasteiger partial charge in [-0.05, 0) is 89.7 Å². The van der Waals surface area contributed by atoms with Gasteiger partial charge in [-0.2, -0.15) is 0 Å². The molecule has 37 heavy (non-hydrogen) atoms. The highest BCUT2D eigenvalue weighted by Crippen LogP contribution is 2.54. The van der Waals surface area contributed by atoms with Crippen LogP contribution in [0.3, 0.4) is 0 Å². The number of benzene rings is 3. The number of hydrogen-bond donors (Lipinski definition) is 2. The molecule has 6 rings (SSSR count). The van der Waals surface area contributed by atoms with Crippen molar-refractivity contribution in [2.24, 2.45) is 0 Å². The number of sulfone groups is 1. The summed E-state index contributed by atoms with van der Waals surface area (Å²) in [5.74, 6) is 0.273. The Labute approximate surface area is 215 Å². The molecule has 2 atom stereocenters. The van der Waals surface area contributed by atoms with Crippen LogP contribution in [-0.2, 0) is 21.1 Å². The largest absolute Gasteiger partial charge is 0.384 e. The summed E-state index contributed by atoms with van der Waals surface area (Å²) in [4.78, 5) is 17.8. The standard InChI is InChI=1S/C29H25N3O4S/c1-16-12-26(30)32-17(2)25(16)15-31-29(33)18-8-10-21-23(13-18)27-22-11-9-20(14-24(22)28(21)36-27)37(34,35)19-6-4-3-5-7-19/h3-14,27-28H,15H2,1-2H3,(H2,30,32)(H,31,33).